The van der Waals surface area contributed by atoms with E-state index >= 15 is 0 Å². The fourth-order valence-electron chi connectivity index (χ4n) is 6.76. The number of hydrogen-bond acceptors (Lipinski definition) is 1. The van der Waals surface area contributed by atoms with Crippen molar-refractivity contribution >= 4 is 75.8 Å². The van der Waals surface area contributed by atoms with Gasteiger partial charge in [-0.25, -0.2) is 0 Å². The second-order valence-corrected chi connectivity index (χ2v) is 11.5. The molecule has 0 amide bonds. The van der Waals surface area contributed by atoms with Crippen LogP contribution in [0.4, 0.5) is 0 Å². The third-order valence-corrected chi connectivity index (χ3v) is 8.91. The molecule has 0 aliphatic rings. The number of benzene rings is 10. The average molecular weight is 673 g/mol. The molecular weight excluding hydrogens is 617 g/mol. The van der Waals surface area contributed by atoms with Gasteiger partial charge in [-0.3, -0.25) is 0 Å². The molecule has 10 aromatic carbocycles. The fraction of sp³-hybridized carbons (Fsp3) is 0. The van der Waals surface area contributed by atoms with E-state index in [0.717, 1.165) is 12.1 Å². The van der Waals surface area contributed by atoms with Gasteiger partial charge in [0, 0.05) is 16.2 Å². The van der Waals surface area contributed by atoms with Gasteiger partial charge < -0.3 is 4.42 Å². The van der Waals surface area contributed by atoms with E-state index in [-0.39, 0.29) is 38.2 Å². The maximum absolute atomic E-state index is 9.91. The van der Waals surface area contributed by atoms with Gasteiger partial charge in [0.2, 0.25) is 0 Å². The van der Waals surface area contributed by atoms with Crippen molar-refractivity contribution in [3.8, 4) is 33.4 Å². The molecule has 1 aromatic heterocycles. The Balaban J connectivity index is 1.38. The SMILES string of the molecule is [2H]c1c(-c2c3c([2H])ccc([2H])c3c(-c3ccc(-c4c([2H])c([2H])c([2H])c5c([2H])c([2H])c([2H])c([2H])c45)c4c([2H])c([2H])c([2H])c([2H])c34)c3c([2H])c([2H])c([2H])c([2H])c23)c([2H])c2c(oc3c4c([2H])c([2H])c([2H])c([2H])c4c([2H])c([2H])c32)c1[2H]. The van der Waals surface area contributed by atoms with Crippen LogP contribution in [0.2, 0.25) is 0 Å². The standard InChI is InChI=1S/C50H30O/c1-3-15-34-31(12-1)14-11-23-36(34)39-27-28-44(38-18-6-5-17-37(38)39)49-42-21-9-7-19-40(42)48(41-20-8-10-22-43(41)49)33-25-29-47-46(30-33)45-26-24-32-13-2-4-16-35(32)50(45)51-47/h1-30H/i1D,2D,3D,4D,5D,6D,7D,9D,11D,12D,13D,14D,15D,16D,17D,18D,19D,20D,21D,22D,23D,24D,25D,26D,29D,30D. The molecule has 51 heavy (non-hydrogen) atoms. The summed E-state index contributed by atoms with van der Waals surface area (Å²) in [6, 6.07) is -14.7. The van der Waals surface area contributed by atoms with E-state index in [0.29, 0.717) is 0 Å². The lowest BCUT2D eigenvalue weighted by atomic mass is 9.83. The molecule has 236 valence electrons. The van der Waals surface area contributed by atoms with Crippen molar-refractivity contribution in [3.63, 3.8) is 0 Å². The Labute approximate surface area is 331 Å². The van der Waals surface area contributed by atoms with Gasteiger partial charge >= 0.3 is 0 Å². The first kappa shape index (κ1) is 12.9. The molecule has 0 aliphatic heterocycles. The second-order valence-electron chi connectivity index (χ2n) is 11.5. The Bertz CT molecular complexity index is 4690. The first-order valence-corrected chi connectivity index (χ1v) is 15.5. The lowest BCUT2D eigenvalue weighted by Crippen LogP contribution is -1.92. The summed E-state index contributed by atoms with van der Waals surface area (Å²) in [5, 5.41) is -5.00. The molecular formula is C50H30O. The van der Waals surface area contributed by atoms with Crippen LogP contribution in [0.15, 0.2) is 186 Å². The van der Waals surface area contributed by atoms with E-state index in [1.165, 1.54) is 12.1 Å². The number of hydrogen-bond donors (Lipinski definition) is 0. The van der Waals surface area contributed by atoms with Crippen molar-refractivity contribution in [2.24, 2.45) is 0 Å². The molecule has 0 unspecified atom stereocenters. The Morgan fingerprint density at radius 2 is 0.922 bits per heavy atom. The zero-order valence-electron chi connectivity index (χ0n) is 51.7. The van der Waals surface area contributed by atoms with Crippen molar-refractivity contribution in [2.45, 2.75) is 0 Å². The third kappa shape index (κ3) is 4.16. The Morgan fingerprint density at radius 1 is 0.353 bits per heavy atom. The third-order valence-electron chi connectivity index (χ3n) is 8.91. The van der Waals surface area contributed by atoms with Gasteiger partial charge in [-0.15, -0.1) is 0 Å². The van der Waals surface area contributed by atoms with E-state index < -0.39 is 228 Å². The van der Waals surface area contributed by atoms with Crippen LogP contribution < -0.4 is 0 Å². The first-order chi connectivity index (χ1) is 36.1. The highest BCUT2D eigenvalue weighted by molar-refractivity contribution is 6.25. The van der Waals surface area contributed by atoms with Crippen LogP contribution in [0.5, 0.6) is 0 Å². The van der Waals surface area contributed by atoms with Gasteiger partial charge in [-0.05, 0) is 100.0 Å². The molecule has 0 radical (unpaired) electrons. The quantitative estimate of drug-likeness (QED) is 0.170. The Hall–Kier alpha value is -6.70. The Kier molecular flexibility index (Phi) is 2.75. The zero-order chi connectivity index (χ0) is 56.1. The zero-order valence-corrected chi connectivity index (χ0v) is 25.7. The van der Waals surface area contributed by atoms with Crippen LogP contribution >= 0.6 is 0 Å². The maximum atomic E-state index is 9.91. The Morgan fingerprint density at radius 3 is 1.71 bits per heavy atom. The van der Waals surface area contributed by atoms with Gasteiger partial charge in [0.25, 0.3) is 0 Å². The highest BCUT2D eigenvalue weighted by atomic mass is 16.3. The number of rotatable bonds is 3. The molecule has 1 heterocycles. The van der Waals surface area contributed by atoms with E-state index in [4.69, 9.17) is 26.3 Å². The second kappa shape index (κ2) is 10.9. The summed E-state index contributed by atoms with van der Waals surface area (Å²) in [4.78, 5) is 0. The summed E-state index contributed by atoms with van der Waals surface area (Å²) in [6.45, 7) is 0. The molecule has 0 N–H and O–H groups in total. The molecule has 0 spiro atoms. The number of fused-ring (bicyclic) bond motifs is 9. The van der Waals surface area contributed by atoms with E-state index in [1.54, 1.807) is 0 Å². The van der Waals surface area contributed by atoms with E-state index in [1.807, 2.05) is 0 Å². The lowest BCUT2D eigenvalue weighted by molar-refractivity contribution is 0.672. The van der Waals surface area contributed by atoms with Crippen LogP contribution in [0.1, 0.15) is 35.6 Å². The summed E-state index contributed by atoms with van der Waals surface area (Å²) in [6.07, 6.45) is 0. The first-order valence-electron chi connectivity index (χ1n) is 28.5. The van der Waals surface area contributed by atoms with Gasteiger partial charge in [0.05, 0.1) is 35.6 Å². The van der Waals surface area contributed by atoms with Crippen molar-refractivity contribution < 1.29 is 40.1 Å². The van der Waals surface area contributed by atoms with Crippen molar-refractivity contribution in [1.82, 2.24) is 0 Å². The van der Waals surface area contributed by atoms with Gasteiger partial charge in [0.15, 0.2) is 0 Å². The van der Waals surface area contributed by atoms with Crippen molar-refractivity contribution in [2.75, 3.05) is 0 Å². The molecule has 0 saturated heterocycles. The van der Waals surface area contributed by atoms with E-state index in [9.17, 15) is 13.7 Å². The van der Waals surface area contributed by atoms with Gasteiger partial charge in [-0.1, -0.05) is 163 Å². The molecule has 1 nitrogen and oxygen atoms in total. The van der Waals surface area contributed by atoms with Crippen LogP contribution in [0.3, 0.4) is 0 Å². The summed E-state index contributed by atoms with van der Waals surface area (Å²) < 4.78 is 241. The predicted molar refractivity (Wildman–Crippen MR) is 218 cm³/mol. The fourth-order valence-corrected chi connectivity index (χ4v) is 6.76. The lowest BCUT2D eigenvalue weighted by Gasteiger charge is -2.20. The maximum Gasteiger partial charge on any atom is 0.143 e. The highest BCUT2D eigenvalue weighted by Gasteiger charge is 2.20. The minimum atomic E-state index is -0.875. The van der Waals surface area contributed by atoms with Crippen LogP contribution in [0, 0.1) is 0 Å². The molecule has 0 bridgehead atoms. The molecule has 0 atom stereocenters. The molecule has 1 heteroatoms. The van der Waals surface area contributed by atoms with Crippen LogP contribution in [-0.2, 0) is 0 Å². The van der Waals surface area contributed by atoms with E-state index in [2.05, 4.69) is 0 Å². The minimum absolute atomic E-state index is 0.268. The summed E-state index contributed by atoms with van der Waals surface area (Å²) in [5.74, 6) is 0. The highest BCUT2D eigenvalue weighted by Crippen LogP contribution is 2.47. The normalized spacial score (nSPS) is 19.1. The monoisotopic (exact) mass is 672 g/mol. The summed E-state index contributed by atoms with van der Waals surface area (Å²) in [5.41, 5.74) is -3.32. The molecule has 11 aromatic rings. The number of furan rings is 1. The smallest absolute Gasteiger partial charge is 0.143 e. The molecule has 0 aliphatic carbocycles. The predicted octanol–water partition coefficient (Wildman–Crippen LogP) is 14.4. The van der Waals surface area contributed by atoms with Crippen LogP contribution in [-0.4, -0.2) is 0 Å². The van der Waals surface area contributed by atoms with Crippen molar-refractivity contribution in [3.05, 3.63) is 181 Å². The summed E-state index contributed by atoms with van der Waals surface area (Å²) in [7, 11) is 0. The van der Waals surface area contributed by atoms with Crippen molar-refractivity contribution in [1.29, 1.82) is 0 Å². The van der Waals surface area contributed by atoms with Gasteiger partial charge in [-0.2, -0.15) is 0 Å². The van der Waals surface area contributed by atoms with Crippen LogP contribution in [0.25, 0.3) is 109 Å². The average Bonchev–Trinajstić information content (AvgIpc) is 4.09. The topological polar surface area (TPSA) is 13.1 Å². The molecule has 11 rings (SSSR count). The summed E-state index contributed by atoms with van der Waals surface area (Å²) >= 11 is 0. The largest absolute Gasteiger partial charge is 0.455 e. The molecule has 0 saturated carbocycles. The molecule has 0 fully saturated rings. The van der Waals surface area contributed by atoms with Gasteiger partial charge in [0.1, 0.15) is 11.2 Å². The minimum Gasteiger partial charge on any atom is -0.455 e.